The predicted octanol–water partition coefficient (Wildman–Crippen LogP) is 1.31. The van der Waals surface area contributed by atoms with Crippen LogP contribution in [0.1, 0.15) is 26.2 Å². The molecule has 0 saturated carbocycles. The van der Waals surface area contributed by atoms with Crippen LogP contribution < -0.4 is 0 Å². The van der Waals surface area contributed by atoms with Gasteiger partial charge in [-0.1, -0.05) is 11.6 Å². The first-order valence-corrected chi connectivity index (χ1v) is 4.68. The van der Waals surface area contributed by atoms with Crippen LogP contribution in [-0.4, -0.2) is 41.2 Å². The molecule has 1 rings (SSSR count). The van der Waals surface area contributed by atoms with Crippen molar-refractivity contribution in [2.24, 2.45) is 5.16 Å². The summed E-state index contributed by atoms with van der Waals surface area (Å²) >= 11 is 0. The highest BCUT2D eigenvalue weighted by Crippen LogP contribution is 2.08. The number of rotatable bonds is 3. The minimum atomic E-state index is -0.145. The Balaban J connectivity index is 0.00000169. The second-order valence-corrected chi connectivity index (χ2v) is 3.44. The fourth-order valence-corrected chi connectivity index (χ4v) is 1.54. The number of ketones is 1. The molecular weight excluding hydrogens is 204 g/mol. The molecule has 0 aromatic rings. The summed E-state index contributed by atoms with van der Waals surface area (Å²) in [5, 5.41) is 11.6. The van der Waals surface area contributed by atoms with Crippen LogP contribution in [0.25, 0.3) is 0 Å². The molecule has 1 saturated heterocycles. The highest BCUT2D eigenvalue weighted by atomic mass is 35.5. The number of oxime groups is 1. The Morgan fingerprint density at radius 3 is 2.36 bits per heavy atom. The van der Waals surface area contributed by atoms with E-state index in [-0.39, 0.29) is 23.9 Å². The summed E-state index contributed by atoms with van der Waals surface area (Å²) in [5.41, 5.74) is 0.266. The molecule has 0 aromatic carbocycles. The van der Waals surface area contributed by atoms with Gasteiger partial charge in [-0.15, -0.1) is 12.4 Å². The Hall–Kier alpha value is -0.610. The summed E-state index contributed by atoms with van der Waals surface area (Å²) in [6.45, 7) is 3.93. The third-order valence-corrected chi connectivity index (χ3v) is 2.35. The third kappa shape index (κ3) is 4.07. The molecule has 82 valence electrons. The van der Waals surface area contributed by atoms with Crippen molar-refractivity contribution in [3.8, 4) is 0 Å². The molecule has 5 heteroatoms. The average molecular weight is 221 g/mol. The van der Waals surface area contributed by atoms with Crippen LogP contribution in [0, 0.1) is 0 Å². The van der Waals surface area contributed by atoms with Crippen LogP contribution in [0.4, 0.5) is 0 Å². The second kappa shape index (κ2) is 6.79. The van der Waals surface area contributed by atoms with Gasteiger partial charge in [0.05, 0.1) is 0 Å². The van der Waals surface area contributed by atoms with E-state index >= 15 is 0 Å². The topological polar surface area (TPSA) is 52.9 Å². The van der Waals surface area contributed by atoms with Crippen molar-refractivity contribution >= 4 is 23.9 Å². The minimum absolute atomic E-state index is 0. The highest BCUT2D eigenvalue weighted by molar-refractivity contribution is 6.39. The number of nitrogens with zero attached hydrogens (tertiary/aromatic N) is 2. The molecule has 0 amide bonds. The van der Waals surface area contributed by atoms with Crippen LogP contribution in [0.2, 0.25) is 0 Å². The van der Waals surface area contributed by atoms with Crippen molar-refractivity contribution in [3.63, 3.8) is 0 Å². The average Bonchev–Trinajstić information content (AvgIpc) is 2.15. The number of hydrogen-bond donors (Lipinski definition) is 1. The molecule has 0 unspecified atom stereocenters. The van der Waals surface area contributed by atoms with Gasteiger partial charge in [0.25, 0.3) is 0 Å². The van der Waals surface area contributed by atoms with Crippen LogP contribution in [0.15, 0.2) is 5.16 Å². The van der Waals surface area contributed by atoms with E-state index in [0.29, 0.717) is 6.54 Å². The van der Waals surface area contributed by atoms with Gasteiger partial charge in [0.1, 0.15) is 5.71 Å². The zero-order chi connectivity index (χ0) is 9.68. The first-order chi connectivity index (χ1) is 6.24. The summed E-state index contributed by atoms with van der Waals surface area (Å²) in [7, 11) is 0. The summed E-state index contributed by atoms with van der Waals surface area (Å²) < 4.78 is 0. The van der Waals surface area contributed by atoms with Crippen molar-refractivity contribution in [2.45, 2.75) is 26.2 Å². The Kier molecular flexibility index (Phi) is 6.49. The maximum atomic E-state index is 10.9. The number of hydrogen-bond acceptors (Lipinski definition) is 4. The van der Waals surface area contributed by atoms with E-state index < -0.39 is 0 Å². The Morgan fingerprint density at radius 2 is 1.93 bits per heavy atom. The Morgan fingerprint density at radius 1 is 1.36 bits per heavy atom. The van der Waals surface area contributed by atoms with E-state index in [2.05, 4.69) is 10.1 Å². The van der Waals surface area contributed by atoms with E-state index in [1.54, 1.807) is 0 Å². The quantitative estimate of drug-likeness (QED) is 0.443. The number of carbonyl (C=O) groups is 1. The molecule has 0 spiro atoms. The van der Waals surface area contributed by atoms with Crippen molar-refractivity contribution in [2.75, 3.05) is 19.6 Å². The van der Waals surface area contributed by atoms with Crippen molar-refractivity contribution in [1.29, 1.82) is 0 Å². The van der Waals surface area contributed by atoms with Crippen LogP contribution in [-0.2, 0) is 4.79 Å². The largest absolute Gasteiger partial charge is 0.411 e. The predicted molar refractivity (Wildman–Crippen MR) is 57.4 cm³/mol. The van der Waals surface area contributed by atoms with Crippen LogP contribution in [0.5, 0.6) is 0 Å². The zero-order valence-electron chi connectivity index (χ0n) is 8.40. The van der Waals surface area contributed by atoms with Gasteiger partial charge in [-0.2, -0.15) is 0 Å². The highest BCUT2D eigenvalue weighted by Gasteiger charge is 2.15. The van der Waals surface area contributed by atoms with Gasteiger partial charge >= 0.3 is 0 Å². The van der Waals surface area contributed by atoms with E-state index in [9.17, 15) is 4.79 Å². The molecule has 14 heavy (non-hydrogen) atoms. The van der Waals surface area contributed by atoms with E-state index in [0.717, 1.165) is 13.1 Å². The maximum Gasteiger partial charge on any atom is 0.178 e. The molecular formula is C9H17ClN2O2. The van der Waals surface area contributed by atoms with E-state index in [4.69, 9.17) is 5.21 Å². The van der Waals surface area contributed by atoms with Crippen molar-refractivity contribution in [3.05, 3.63) is 0 Å². The second-order valence-electron chi connectivity index (χ2n) is 3.44. The Bertz CT molecular complexity index is 213. The monoisotopic (exact) mass is 220 g/mol. The molecule has 1 fully saturated rings. The molecule has 0 aliphatic carbocycles. The molecule has 0 atom stereocenters. The summed E-state index contributed by atoms with van der Waals surface area (Å²) in [6.07, 6.45) is 3.62. The van der Waals surface area contributed by atoms with Gasteiger partial charge in [0.15, 0.2) is 5.78 Å². The summed E-state index contributed by atoms with van der Waals surface area (Å²) in [5.74, 6) is -0.145. The number of likely N-dealkylation sites (tertiary alicyclic amines) is 1. The Labute approximate surface area is 90.4 Å². The van der Waals surface area contributed by atoms with Gasteiger partial charge < -0.3 is 5.21 Å². The van der Waals surface area contributed by atoms with Gasteiger partial charge in [-0.05, 0) is 25.9 Å². The first kappa shape index (κ1) is 13.4. The number of piperidine rings is 1. The molecule has 1 aliphatic heterocycles. The third-order valence-electron chi connectivity index (χ3n) is 2.35. The van der Waals surface area contributed by atoms with Crippen molar-refractivity contribution < 1.29 is 10.0 Å². The molecule has 0 bridgehead atoms. The lowest BCUT2D eigenvalue weighted by atomic mass is 10.1. The first-order valence-electron chi connectivity index (χ1n) is 4.68. The lowest BCUT2D eigenvalue weighted by Crippen LogP contribution is -2.36. The van der Waals surface area contributed by atoms with Crippen LogP contribution in [0.3, 0.4) is 0 Å². The van der Waals surface area contributed by atoms with Gasteiger partial charge in [-0.25, -0.2) is 0 Å². The smallest absolute Gasteiger partial charge is 0.178 e. The SMILES string of the molecule is CC(=O)/C(CN1CCCCC1)=N\O.Cl. The lowest BCUT2D eigenvalue weighted by Gasteiger charge is -2.25. The molecule has 1 aliphatic rings. The lowest BCUT2D eigenvalue weighted by molar-refractivity contribution is -0.111. The van der Waals surface area contributed by atoms with E-state index in [1.807, 2.05) is 0 Å². The maximum absolute atomic E-state index is 10.9. The fraction of sp³-hybridized carbons (Fsp3) is 0.778. The number of carbonyl (C=O) groups excluding carboxylic acids is 1. The van der Waals surface area contributed by atoms with Gasteiger partial charge in [-0.3, -0.25) is 9.69 Å². The van der Waals surface area contributed by atoms with Crippen molar-refractivity contribution in [1.82, 2.24) is 4.90 Å². The molecule has 0 radical (unpaired) electrons. The molecule has 4 nitrogen and oxygen atoms in total. The molecule has 1 heterocycles. The number of halogens is 1. The summed E-state index contributed by atoms with van der Waals surface area (Å²) in [4.78, 5) is 13.1. The van der Waals surface area contributed by atoms with Gasteiger partial charge in [0.2, 0.25) is 0 Å². The molecule has 1 N–H and O–H groups in total. The number of Topliss-reactive ketones (excluding diaryl/α,β-unsaturated/α-hetero) is 1. The normalized spacial score (nSPS) is 18.8. The fourth-order valence-electron chi connectivity index (χ4n) is 1.54. The van der Waals surface area contributed by atoms with Crippen LogP contribution >= 0.6 is 12.4 Å². The minimum Gasteiger partial charge on any atom is -0.411 e. The van der Waals surface area contributed by atoms with E-state index in [1.165, 1.54) is 26.2 Å². The summed E-state index contributed by atoms with van der Waals surface area (Å²) in [6, 6.07) is 0. The molecule has 0 aromatic heterocycles. The zero-order valence-corrected chi connectivity index (χ0v) is 9.22. The van der Waals surface area contributed by atoms with Gasteiger partial charge in [0, 0.05) is 13.5 Å². The standard InChI is InChI=1S/C9H16N2O2.ClH/c1-8(12)9(10-13)7-11-5-3-2-4-6-11;/h13H,2-7H2,1H3;1H/b10-9-;.